The van der Waals surface area contributed by atoms with Crippen LogP contribution in [0.5, 0.6) is 0 Å². The Morgan fingerprint density at radius 3 is 2.61 bits per heavy atom. The summed E-state index contributed by atoms with van der Waals surface area (Å²) in [5.41, 5.74) is 0. The first-order valence-corrected chi connectivity index (χ1v) is 8.29. The third kappa shape index (κ3) is 4.24. The van der Waals surface area contributed by atoms with Crippen molar-refractivity contribution in [2.24, 2.45) is 5.92 Å². The Labute approximate surface area is 113 Å². The third-order valence-corrected chi connectivity index (χ3v) is 4.98. The van der Waals surface area contributed by atoms with Crippen molar-refractivity contribution in [3.63, 3.8) is 0 Å². The molecular weight excluding hydrogens is 220 g/mol. The molecule has 0 bridgehead atoms. The second-order valence-corrected chi connectivity index (χ2v) is 6.51. The molecule has 4 unspecified atom stereocenters. The second-order valence-electron chi connectivity index (χ2n) is 6.51. The van der Waals surface area contributed by atoms with Crippen LogP contribution in [0, 0.1) is 5.92 Å². The quantitative estimate of drug-likeness (QED) is 0.783. The molecule has 2 N–H and O–H groups in total. The number of rotatable bonds is 5. The zero-order valence-electron chi connectivity index (χ0n) is 12.4. The smallest absolute Gasteiger partial charge is 0.00977 e. The molecule has 1 saturated carbocycles. The number of piperidine rings is 1. The van der Waals surface area contributed by atoms with Crippen molar-refractivity contribution in [1.29, 1.82) is 0 Å². The summed E-state index contributed by atoms with van der Waals surface area (Å²) in [6, 6.07) is 2.24. The van der Waals surface area contributed by atoms with Crippen LogP contribution in [-0.2, 0) is 0 Å². The largest absolute Gasteiger partial charge is 0.314 e. The van der Waals surface area contributed by atoms with Gasteiger partial charge in [-0.25, -0.2) is 0 Å². The summed E-state index contributed by atoms with van der Waals surface area (Å²) < 4.78 is 0. The van der Waals surface area contributed by atoms with Gasteiger partial charge in [0.05, 0.1) is 0 Å². The highest BCUT2D eigenvalue weighted by atomic mass is 15.0. The lowest BCUT2D eigenvalue weighted by Gasteiger charge is -2.35. The maximum absolute atomic E-state index is 3.93. The van der Waals surface area contributed by atoms with Gasteiger partial charge in [-0.15, -0.1) is 0 Å². The Kier molecular flexibility index (Phi) is 5.97. The van der Waals surface area contributed by atoms with Gasteiger partial charge < -0.3 is 10.6 Å². The minimum absolute atomic E-state index is 0.678. The molecule has 4 atom stereocenters. The van der Waals surface area contributed by atoms with Gasteiger partial charge in [0, 0.05) is 18.1 Å². The molecule has 1 saturated heterocycles. The van der Waals surface area contributed by atoms with E-state index >= 15 is 0 Å². The molecule has 0 radical (unpaired) electrons. The normalized spacial score (nSPS) is 35.3. The van der Waals surface area contributed by atoms with Gasteiger partial charge >= 0.3 is 0 Å². The Hall–Kier alpha value is -0.0800. The zero-order valence-corrected chi connectivity index (χ0v) is 12.4. The highest BCUT2D eigenvalue weighted by molar-refractivity contribution is 4.84. The molecule has 2 fully saturated rings. The van der Waals surface area contributed by atoms with Crippen molar-refractivity contribution >= 4 is 0 Å². The van der Waals surface area contributed by atoms with Gasteiger partial charge in [0.25, 0.3) is 0 Å². The maximum Gasteiger partial charge on any atom is 0.00977 e. The molecule has 2 rings (SSSR count). The lowest BCUT2D eigenvalue weighted by atomic mass is 9.82. The van der Waals surface area contributed by atoms with E-state index in [0.29, 0.717) is 6.04 Å². The molecule has 1 aliphatic carbocycles. The summed E-state index contributed by atoms with van der Waals surface area (Å²) in [5.74, 6) is 0.931. The van der Waals surface area contributed by atoms with Crippen LogP contribution >= 0.6 is 0 Å². The van der Waals surface area contributed by atoms with Gasteiger partial charge in [0.15, 0.2) is 0 Å². The van der Waals surface area contributed by atoms with Gasteiger partial charge in [-0.3, -0.25) is 0 Å². The summed E-state index contributed by atoms with van der Waals surface area (Å²) >= 11 is 0. The van der Waals surface area contributed by atoms with Gasteiger partial charge in [-0.1, -0.05) is 32.6 Å². The summed E-state index contributed by atoms with van der Waals surface area (Å²) in [5, 5.41) is 7.60. The van der Waals surface area contributed by atoms with E-state index in [0.717, 1.165) is 18.0 Å². The van der Waals surface area contributed by atoms with Crippen molar-refractivity contribution in [1.82, 2.24) is 10.6 Å². The van der Waals surface area contributed by atoms with Gasteiger partial charge in [0.1, 0.15) is 0 Å². The van der Waals surface area contributed by atoms with Crippen LogP contribution in [0.15, 0.2) is 0 Å². The molecule has 0 amide bonds. The van der Waals surface area contributed by atoms with Crippen molar-refractivity contribution < 1.29 is 0 Å². The average Bonchev–Trinajstić information content (AvgIpc) is 2.40. The standard InChI is InChI=1S/C16H32N2/c1-3-14-8-4-5-10-16(14)18-13(2)12-15-9-6-7-11-17-15/h13-18H,3-12H2,1-2H3. The highest BCUT2D eigenvalue weighted by Gasteiger charge is 2.25. The first-order valence-electron chi connectivity index (χ1n) is 8.29. The SMILES string of the molecule is CCC1CCCCC1NC(C)CC1CCCCN1. The Balaban J connectivity index is 1.73. The topological polar surface area (TPSA) is 24.1 Å². The van der Waals surface area contributed by atoms with Crippen LogP contribution in [0.1, 0.15) is 71.6 Å². The first kappa shape index (κ1) is 14.3. The molecular formula is C16H32N2. The molecule has 18 heavy (non-hydrogen) atoms. The van der Waals surface area contributed by atoms with Gasteiger partial charge in [-0.2, -0.15) is 0 Å². The van der Waals surface area contributed by atoms with Crippen LogP contribution in [0.4, 0.5) is 0 Å². The minimum atomic E-state index is 0.678. The van der Waals surface area contributed by atoms with E-state index in [1.807, 2.05) is 0 Å². The van der Waals surface area contributed by atoms with E-state index in [4.69, 9.17) is 0 Å². The second kappa shape index (κ2) is 7.49. The number of hydrogen-bond donors (Lipinski definition) is 2. The zero-order chi connectivity index (χ0) is 12.8. The highest BCUT2D eigenvalue weighted by Crippen LogP contribution is 2.27. The molecule has 1 aliphatic heterocycles. The number of hydrogen-bond acceptors (Lipinski definition) is 2. The monoisotopic (exact) mass is 252 g/mol. The fraction of sp³-hybridized carbons (Fsp3) is 1.00. The van der Waals surface area contributed by atoms with Gasteiger partial charge in [0.2, 0.25) is 0 Å². The molecule has 0 spiro atoms. The van der Waals surface area contributed by atoms with Crippen molar-refractivity contribution in [3.8, 4) is 0 Å². The predicted molar refractivity (Wildman–Crippen MR) is 78.9 cm³/mol. The van der Waals surface area contributed by atoms with E-state index in [-0.39, 0.29) is 0 Å². The van der Waals surface area contributed by atoms with Crippen LogP contribution in [0.3, 0.4) is 0 Å². The lowest BCUT2D eigenvalue weighted by Crippen LogP contribution is -2.46. The third-order valence-electron chi connectivity index (χ3n) is 4.98. The lowest BCUT2D eigenvalue weighted by molar-refractivity contribution is 0.227. The van der Waals surface area contributed by atoms with Crippen LogP contribution in [0.2, 0.25) is 0 Å². The first-order chi connectivity index (χ1) is 8.79. The van der Waals surface area contributed by atoms with Crippen molar-refractivity contribution in [2.45, 2.75) is 89.8 Å². The van der Waals surface area contributed by atoms with E-state index in [1.54, 1.807) is 0 Å². The van der Waals surface area contributed by atoms with Crippen LogP contribution < -0.4 is 10.6 Å². The van der Waals surface area contributed by atoms with Crippen molar-refractivity contribution in [2.75, 3.05) is 6.54 Å². The molecule has 2 nitrogen and oxygen atoms in total. The summed E-state index contributed by atoms with van der Waals surface area (Å²) in [7, 11) is 0. The Morgan fingerprint density at radius 2 is 1.89 bits per heavy atom. The van der Waals surface area contributed by atoms with Crippen LogP contribution in [0.25, 0.3) is 0 Å². The maximum atomic E-state index is 3.93. The molecule has 2 aliphatic rings. The predicted octanol–water partition coefficient (Wildman–Crippen LogP) is 3.47. The average molecular weight is 252 g/mol. The van der Waals surface area contributed by atoms with E-state index < -0.39 is 0 Å². The fourth-order valence-corrected chi connectivity index (χ4v) is 3.90. The number of nitrogens with one attached hydrogen (secondary N) is 2. The van der Waals surface area contributed by atoms with Gasteiger partial charge in [-0.05, 0) is 51.5 Å². The van der Waals surface area contributed by atoms with Crippen molar-refractivity contribution in [3.05, 3.63) is 0 Å². The molecule has 2 heteroatoms. The Bertz CT molecular complexity index is 223. The van der Waals surface area contributed by atoms with E-state index in [9.17, 15) is 0 Å². The summed E-state index contributed by atoms with van der Waals surface area (Å²) in [6.07, 6.45) is 12.6. The minimum Gasteiger partial charge on any atom is -0.314 e. The molecule has 106 valence electrons. The molecule has 1 heterocycles. The summed E-state index contributed by atoms with van der Waals surface area (Å²) in [4.78, 5) is 0. The fourth-order valence-electron chi connectivity index (χ4n) is 3.90. The Morgan fingerprint density at radius 1 is 1.11 bits per heavy atom. The molecule has 0 aromatic carbocycles. The summed E-state index contributed by atoms with van der Waals surface area (Å²) in [6.45, 7) is 5.98. The molecule has 0 aromatic heterocycles. The van der Waals surface area contributed by atoms with Crippen LogP contribution in [-0.4, -0.2) is 24.7 Å². The van der Waals surface area contributed by atoms with E-state index in [1.165, 1.54) is 64.3 Å². The van der Waals surface area contributed by atoms with E-state index in [2.05, 4.69) is 24.5 Å². The molecule has 0 aromatic rings.